The van der Waals surface area contributed by atoms with Gasteiger partial charge in [0.05, 0.1) is 6.10 Å². The first-order valence-corrected chi connectivity index (χ1v) is 17.2. The van der Waals surface area contributed by atoms with Gasteiger partial charge in [0.1, 0.15) is 6.10 Å². The lowest BCUT2D eigenvalue weighted by atomic mass is 9.32. The molecule has 5 saturated carbocycles. The van der Waals surface area contributed by atoms with Gasteiger partial charge in [-0.05, 0) is 140 Å². The van der Waals surface area contributed by atoms with Gasteiger partial charge in [0.2, 0.25) is 0 Å². The van der Waals surface area contributed by atoms with Gasteiger partial charge in [-0.15, -0.1) is 0 Å². The van der Waals surface area contributed by atoms with Crippen LogP contribution in [0.3, 0.4) is 0 Å². The average Bonchev–Trinajstić information content (AvgIpc) is 3.29. The molecule has 6 rings (SSSR count). The van der Waals surface area contributed by atoms with E-state index < -0.39 is 12.1 Å². The number of carbonyl (C=O) groups excluding carboxylic acids is 1. The maximum Gasteiger partial charge on any atom is 0.331 e. The summed E-state index contributed by atoms with van der Waals surface area (Å²) in [5.74, 6) is 1.72. The summed E-state index contributed by atoms with van der Waals surface area (Å²) in [6, 6.07) is 4.45. The third-order valence-corrected chi connectivity index (χ3v) is 15.0. The van der Waals surface area contributed by atoms with Crippen LogP contribution < -0.4 is 0 Å². The van der Waals surface area contributed by atoms with Gasteiger partial charge in [0.15, 0.2) is 11.5 Å². The number of carbonyl (C=O) groups is 1. The van der Waals surface area contributed by atoms with Crippen molar-refractivity contribution < 1.29 is 24.9 Å². The SMILES string of the molecule is C=C(C)[C@@H]1CC[C@]2(C)CC[C@]3(C)[C@H](CC[C@H]4[C@@]5(C)CC[C@H](OC(=O)/C=C/c6ccc(O)c(O)c6)C(C)(C)[C@@H]5[C@@H](O)C[C@]43C)[C@H]12. The molecule has 0 spiro atoms. The van der Waals surface area contributed by atoms with E-state index in [1.165, 1.54) is 62.3 Å². The molecule has 5 aliphatic rings. The number of aliphatic hydroxyl groups is 1. The van der Waals surface area contributed by atoms with Crippen molar-refractivity contribution in [3.05, 3.63) is 42.0 Å². The third-order valence-electron chi connectivity index (χ3n) is 15.0. The molecule has 5 fully saturated rings. The predicted octanol–water partition coefficient (Wildman–Crippen LogP) is 8.67. The largest absolute Gasteiger partial charge is 0.504 e. The smallest absolute Gasteiger partial charge is 0.331 e. The minimum Gasteiger partial charge on any atom is -0.504 e. The number of fused-ring (bicyclic) bond motifs is 7. The van der Waals surface area contributed by atoms with E-state index in [1.807, 2.05) is 0 Å². The molecule has 5 nitrogen and oxygen atoms in total. The number of phenols is 2. The summed E-state index contributed by atoms with van der Waals surface area (Å²) in [4.78, 5) is 13.0. The van der Waals surface area contributed by atoms with Crippen LogP contribution in [0.2, 0.25) is 0 Å². The van der Waals surface area contributed by atoms with Gasteiger partial charge in [-0.3, -0.25) is 0 Å². The van der Waals surface area contributed by atoms with Crippen LogP contribution in [-0.2, 0) is 9.53 Å². The number of hydrogen-bond acceptors (Lipinski definition) is 5. The molecule has 242 valence electrons. The molecule has 0 radical (unpaired) electrons. The molecule has 0 heterocycles. The van der Waals surface area contributed by atoms with E-state index in [9.17, 15) is 20.1 Å². The van der Waals surface area contributed by atoms with Gasteiger partial charge in [-0.1, -0.05) is 59.8 Å². The second-order valence-corrected chi connectivity index (χ2v) is 17.4. The van der Waals surface area contributed by atoms with Crippen LogP contribution in [0.25, 0.3) is 6.08 Å². The molecule has 3 N–H and O–H groups in total. The van der Waals surface area contributed by atoms with Gasteiger partial charge in [0, 0.05) is 11.5 Å². The van der Waals surface area contributed by atoms with Crippen molar-refractivity contribution in [2.75, 3.05) is 0 Å². The number of allylic oxidation sites excluding steroid dienone is 1. The second kappa shape index (κ2) is 10.4. The van der Waals surface area contributed by atoms with Crippen molar-refractivity contribution >= 4 is 12.0 Å². The van der Waals surface area contributed by atoms with Crippen LogP contribution in [0.4, 0.5) is 0 Å². The molecule has 0 bridgehead atoms. The molecule has 0 saturated heterocycles. The molecule has 1 aromatic rings. The zero-order chi connectivity index (χ0) is 32.0. The average molecular weight is 605 g/mol. The highest BCUT2D eigenvalue weighted by molar-refractivity contribution is 5.87. The van der Waals surface area contributed by atoms with Crippen molar-refractivity contribution in [1.82, 2.24) is 0 Å². The van der Waals surface area contributed by atoms with Crippen LogP contribution in [0, 0.1) is 56.7 Å². The fourth-order valence-corrected chi connectivity index (χ4v) is 12.9. The van der Waals surface area contributed by atoms with E-state index in [4.69, 9.17) is 4.74 Å². The van der Waals surface area contributed by atoms with Crippen LogP contribution in [0.5, 0.6) is 11.5 Å². The topological polar surface area (TPSA) is 87.0 Å². The standard InChI is InChI=1S/C39H56O5/c1-23(2)25-15-17-36(5)19-20-38(7)26(33(25)36)11-13-30-37(6)18-16-31(35(3,4)34(37)29(42)22-39(30,38)8)44-32(43)14-10-24-9-12-27(40)28(41)21-24/h9-10,12,14,21,25-26,29-31,33-34,40-42H,1,11,13,15-20,22H2,2-8H3/b14-10+/t25-,26+,29-,30-,31-,33-,34-,36+,37+,38+,39+/m0/s1. The monoisotopic (exact) mass is 604 g/mol. The fraction of sp³-hybridized carbons (Fsp3) is 0.718. The normalized spacial score (nSPS) is 46.0. The zero-order valence-electron chi connectivity index (χ0n) is 28.2. The molecule has 44 heavy (non-hydrogen) atoms. The third kappa shape index (κ3) is 4.45. The summed E-state index contributed by atoms with van der Waals surface area (Å²) in [5, 5.41) is 31.6. The van der Waals surface area contributed by atoms with Crippen molar-refractivity contribution in [2.45, 2.75) is 118 Å². The van der Waals surface area contributed by atoms with E-state index in [1.54, 1.807) is 12.1 Å². The quantitative estimate of drug-likeness (QED) is 0.139. The number of benzene rings is 1. The highest BCUT2D eigenvalue weighted by Crippen LogP contribution is 2.77. The van der Waals surface area contributed by atoms with Gasteiger partial charge in [-0.25, -0.2) is 4.79 Å². The number of aliphatic hydroxyl groups excluding tert-OH is 1. The molecule has 0 aliphatic heterocycles. The number of phenolic OH excluding ortho intramolecular Hbond substituents is 2. The van der Waals surface area contributed by atoms with E-state index >= 15 is 0 Å². The van der Waals surface area contributed by atoms with Crippen LogP contribution in [0.15, 0.2) is 36.4 Å². The molecule has 1 aromatic carbocycles. The fourth-order valence-electron chi connectivity index (χ4n) is 12.9. The Bertz CT molecular complexity index is 1360. The summed E-state index contributed by atoms with van der Waals surface area (Å²) in [6.07, 6.45) is 12.4. The van der Waals surface area contributed by atoms with Crippen molar-refractivity contribution in [3.63, 3.8) is 0 Å². The Morgan fingerprint density at radius 2 is 1.66 bits per heavy atom. The Morgan fingerprint density at radius 1 is 0.932 bits per heavy atom. The molecule has 5 aliphatic carbocycles. The van der Waals surface area contributed by atoms with Crippen molar-refractivity contribution in [1.29, 1.82) is 0 Å². The van der Waals surface area contributed by atoms with Crippen LogP contribution >= 0.6 is 0 Å². The Kier molecular flexibility index (Phi) is 7.47. The number of aromatic hydroxyl groups is 2. The minimum atomic E-state index is -0.447. The molecule has 0 amide bonds. The Morgan fingerprint density at radius 3 is 2.34 bits per heavy atom. The molecular weight excluding hydrogens is 548 g/mol. The second-order valence-electron chi connectivity index (χ2n) is 17.4. The van der Waals surface area contributed by atoms with Crippen molar-refractivity contribution in [2.24, 2.45) is 56.7 Å². The van der Waals surface area contributed by atoms with Gasteiger partial charge < -0.3 is 20.1 Å². The van der Waals surface area contributed by atoms with E-state index in [-0.39, 0.29) is 45.2 Å². The van der Waals surface area contributed by atoms with Crippen LogP contribution in [0.1, 0.15) is 112 Å². The molecular formula is C39H56O5. The highest BCUT2D eigenvalue weighted by Gasteiger charge is 2.72. The Balaban J connectivity index is 1.25. The summed E-state index contributed by atoms with van der Waals surface area (Å²) in [6.45, 7) is 21.3. The lowest BCUT2D eigenvalue weighted by Gasteiger charge is -2.73. The maximum absolute atomic E-state index is 13.0. The summed E-state index contributed by atoms with van der Waals surface area (Å²) < 4.78 is 6.13. The first kappa shape index (κ1) is 31.7. The molecule has 5 heteroatoms. The van der Waals surface area contributed by atoms with Gasteiger partial charge in [-0.2, -0.15) is 0 Å². The molecule has 0 aromatic heterocycles. The van der Waals surface area contributed by atoms with E-state index in [2.05, 4.69) is 55.0 Å². The minimum absolute atomic E-state index is 0.0314. The number of esters is 1. The Labute approximate surface area is 265 Å². The predicted molar refractivity (Wildman–Crippen MR) is 175 cm³/mol. The summed E-state index contributed by atoms with van der Waals surface area (Å²) in [5.41, 5.74) is 2.23. The maximum atomic E-state index is 13.0. The van der Waals surface area contributed by atoms with Gasteiger partial charge in [0.25, 0.3) is 0 Å². The summed E-state index contributed by atoms with van der Waals surface area (Å²) >= 11 is 0. The van der Waals surface area contributed by atoms with E-state index in [0.717, 1.165) is 19.3 Å². The molecule has 0 unspecified atom stereocenters. The lowest BCUT2D eigenvalue weighted by Crippen LogP contribution is -2.69. The highest BCUT2D eigenvalue weighted by atomic mass is 16.5. The van der Waals surface area contributed by atoms with E-state index in [0.29, 0.717) is 34.7 Å². The number of rotatable bonds is 4. The first-order chi connectivity index (χ1) is 20.5. The summed E-state index contributed by atoms with van der Waals surface area (Å²) in [7, 11) is 0. The Hall–Kier alpha value is -2.27. The van der Waals surface area contributed by atoms with Crippen LogP contribution in [-0.4, -0.2) is 33.5 Å². The first-order valence-electron chi connectivity index (χ1n) is 17.2. The lowest BCUT2D eigenvalue weighted by molar-refractivity contribution is -0.275. The van der Waals surface area contributed by atoms with Crippen molar-refractivity contribution in [3.8, 4) is 11.5 Å². The molecule has 11 atom stereocenters. The number of ether oxygens (including phenoxy) is 1. The number of hydrogen-bond donors (Lipinski definition) is 3. The zero-order valence-corrected chi connectivity index (χ0v) is 28.2. The van der Waals surface area contributed by atoms with Gasteiger partial charge >= 0.3 is 5.97 Å².